The number of nitrogens with zero attached hydrogens (tertiary/aromatic N) is 2. The van der Waals surface area contributed by atoms with Crippen LogP contribution in [0.4, 0.5) is 0 Å². The molecule has 154 valence electrons. The molecule has 1 aromatic carbocycles. The second-order valence-corrected chi connectivity index (χ2v) is 7.43. The fraction of sp³-hybridized carbons (Fsp3) is 0.619. The summed E-state index contributed by atoms with van der Waals surface area (Å²) in [5, 5.41) is 2.89. The number of carbonyl (C=O) groups is 2. The predicted octanol–water partition coefficient (Wildman–Crippen LogP) is 0.851. The normalized spacial score (nSPS) is 16.7. The number of carbonyl (C=O) groups excluding carboxylic acids is 2. The average Bonchev–Trinajstić information content (AvgIpc) is 3.18. The van der Waals surface area contributed by atoms with Crippen LogP contribution in [-0.4, -0.2) is 81.2 Å². The first-order valence-electron chi connectivity index (χ1n) is 10.2. The Balaban J connectivity index is 1.34. The van der Waals surface area contributed by atoms with Crippen molar-refractivity contribution in [1.29, 1.82) is 0 Å². The summed E-state index contributed by atoms with van der Waals surface area (Å²) in [5.41, 5.74) is 2.75. The molecule has 1 N–H and O–H groups in total. The molecule has 1 heterocycles. The highest BCUT2D eigenvalue weighted by molar-refractivity contribution is 5.79. The molecule has 7 nitrogen and oxygen atoms in total. The van der Waals surface area contributed by atoms with Gasteiger partial charge in [-0.15, -0.1) is 0 Å². The highest BCUT2D eigenvalue weighted by atomic mass is 16.5. The average molecular weight is 389 g/mol. The Labute approximate surface area is 167 Å². The van der Waals surface area contributed by atoms with Gasteiger partial charge in [0.05, 0.1) is 6.54 Å². The van der Waals surface area contributed by atoms with Gasteiger partial charge in [-0.1, -0.05) is 6.07 Å². The van der Waals surface area contributed by atoms with E-state index in [4.69, 9.17) is 9.47 Å². The quantitative estimate of drug-likeness (QED) is 0.634. The first-order chi connectivity index (χ1) is 13.7. The number of aryl methyl sites for hydroxylation is 2. The molecule has 2 aliphatic rings. The van der Waals surface area contributed by atoms with Gasteiger partial charge in [-0.25, -0.2) is 0 Å². The van der Waals surface area contributed by atoms with E-state index in [9.17, 15) is 9.59 Å². The molecule has 1 aromatic rings. The third-order valence-electron chi connectivity index (χ3n) is 5.37. The smallest absolute Gasteiger partial charge is 0.260 e. The fourth-order valence-electron chi connectivity index (χ4n) is 3.73. The number of methoxy groups -OCH3 is 1. The maximum absolute atomic E-state index is 12.4. The molecule has 0 bridgehead atoms. The van der Waals surface area contributed by atoms with Crippen molar-refractivity contribution in [1.82, 2.24) is 15.1 Å². The lowest BCUT2D eigenvalue weighted by molar-refractivity contribution is -0.135. The number of piperazine rings is 1. The topological polar surface area (TPSA) is 71.1 Å². The number of hydrogen-bond donors (Lipinski definition) is 1. The van der Waals surface area contributed by atoms with Crippen LogP contribution in [0.5, 0.6) is 5.75 Å². The van der Waals surface area contributed by atoms with Crippen molar-refractivity contribution in [3.05, 3.63) is 29.3 Å². The van der Waals surface area contributed by atoms with E-state index in [1.54, 1.807) is 7.11 Å². The molecule has 0 atom stereocenters. The molecule has 0 radical (unpaired) electrons. The van der Waals surface area contributed by atoms with Gasteiger partial charge in [0, 0.05) is 46.4 Å². The molecule has 0 spiro atoms. The van der Waals surface area contributed by atoms with E-state index in [2.05, 4.69) is 22.3 Å². The lowest BCUT2D eigenvalue weighted by atomic mass is 10.1. The van der Waals surface area contributed by atoms with Crippen LogP contribution >= 0.6 is 0 Å². The molecule has 1 fully saturated rings. The predicted molar refractivity (Wildman–Crippen MR) is 106 cm³/mol. The Morgan fingerprint density at radius 3 is 2.68 bits per heavy atom. The third-order valence-corrected chi connectivity index (χ3v) is 5.37. The molecule has 0 unspecified atom stereocenters. The number of rotatable bonds is 9. The molecule has 1 saturated heterocycles. The molecule has 7 heteroatoms. The number of fused-ring (bicyclic) bond motifs is 1. The van der Waals surface area contributed by atoms with Crippen molar-refractivity contribution >= 4 is 11.8 Å². The SMILES string of the molecule is COCCCNC(=O)CN1CCN(C(=O)COc2ccc3c(c2)CCC3)CC1. The summed E-state index contributed by atoms with van der Waals surface area (Å²) >= 11 is 0. The molecular formula is C21H31N3O4. The molecule has 28 heavy (non-hydrogen) atoms. The van der Waals surface area contributed by atoms with Gasteiger partial charge >= 0.3 is 0 Å². The van der Waals surface area contributed by atoms with Gasteiger partial charge in [-0.05, 0) is 48.9 Å². The first kappa shape index (κ1) is 20.6. The van der Waals surface area contributed by atoms with E-state index < -0.39 is 0 Å². The van der Waals surface area contributed by atoms with Crippen LogP contribution in [-0.2, 0) is 27.2 Å². The van der Waals surface area contributed by atoms with E-state index in [1.165, 1.54) is 17.5 Å². The van der Waals surface area contributed by atoms with Crippen molar-refractivity contribution < 1.29 is 19.1 Å². The van der Waals surface area contributed by atoms with E-state index in [-0.39, 0.29) is 18.4 Å². The van der Waals surface area contributed by atoms with E-state index >= 15 is 0 Å². The number of nitrogens with one attached hydrogen (secondary N) is 1. The Morgan fingerprint density at radius 1 is 1.11 bits per heavy atom. The fourth-order valence-corrected chi connectivity index (χ4v) is 3.73. The van der Waals surface area contributed by atoms with Crippen molar-refractivity contribution in [2.75, 3.05) is 59.6 Å². The van der Waals surface area contributed by atoms with Crippen LogP contribution in [0.15, 0.2) is 18.2 Å². The van der Waals surface area contributed by atoms with Gasteiger partial charge in [-0.3, -0.25) is 14.5 Å². The lowest BCUT2D eigenvalue weighted by Gasteiger charge is -2.34. The summed E-state index contributed by atoms with van der Waals surface area (Å²) in [7, 11) is 1.65. The number of hydrogen-bond acceptors (Lipinski definition) is 5. The van der Waals surface area contributed by atoms with Crippen molar-refractivity contribution in [3.8, 4) is 5.75 Å². The van der Waals surface area contributed by atoms with Crippen LogP contribution in [0.3, 0.4) is 0 Å². The Bertz CT molecular complexity index is 672. The zero-order valence-electron chi connectivity index (χ0n) is 16.7. The second kappa shape index (κ2) is 10.4. The third kappa shape index (κ3) is 5.94. The zero-order valence-corrected chi connectivity index (χ0v) is 16.7. The van der Waals surface area contributed by atoms with Crippen LogP contribution in [0, 0.1) is 0 Å². The molecule has 0 aromatic heterocycles. The molecular weight excluding hydrogens is 358 g/mol. The van der Waals surface area contributed by atoms with E-state index in [0.29, 0.717) is 45.9 Å². The van der Waals surface area contributed by atoms with Crippen LogP contribution < -0.4 is 10.1 Å². The summed E-state index contributed by atoms with van der Waals surface area (Å²) in [6.07, 6.45) is 4.26. The van der Waals surface area contributed by atoms with Crippen molar-refractivity contribution in [3.63, 3.8) is 0 Å². The van der Waals surface area contributed by atoms with Crippen LogP contribution in [0.1, 0.15) is 24.0 Å². The number of ether oxygens (including phenoxy) is 2. The Morgan fingerprint density at radius 2 is 1.89 bits per heavy atom. The molecule has 0 saturated carbocycles. The molecule has 2 amide bonds. The highest BCUT2D eigenvalue weighted by Gasteiger charge is 2.22. The largest absolute Gasteiger partial charge is 0.484 e. The van der Waals surface area contributed by atoms with Gasteiger partial charge in [-0.2, -0.15) is 0 Å². The highest BCUT2D eigenvalue weighted by Crippen LogP contribution is 2.26. The monoisotopic (exact) mass is 389 g/mol. The molecule has 1 aliphatic carbocycles. The summed E-state index contributed by atoms with van der Waals surface area (Å²) in [6.45, 7) is 4.39. The summed E-state index contributed by atoms with van der Waals surface area (Å²) in [4.78, 5) is 28.3. The maximum atomic E-state index is 12.4. The van der Waals surface area contributed by atoms with Gasteiger partial charge in [0.2, 0.25) is 5.91 Å². The van der Waals surface area contributed by atoms with Crippen molar-refractivity contribution in [2.45, 2.75) is 25.7 Å². The number of benzene rings is 1. The van der Waals surface area contributed by atoms with Crippen LogP contribution in [0.2, 0.25) is 0 Å². The van der Waals surface area contributed by atoms with Crippen LogP contribution in [0.25, 0.3) is 0 Å². The maximum Gasteiger partial charge on any atom is 0.260 e. The summed E-state index contributed by atoms with van der Waals surface area (Å²) in [6, 6.07) is 6.14. The van der Waals surface area contributed by atoms with Gasteiger partial charge in [0.1, 0.15) is 5.75 Å². The summed E-state index contributed by atoms with van der Waals surface area (Å²) in [5.74, 6) is 0.803. The van der Waals surface area contributed by atoms with Crippen molar-refractivity contribution in [2.24, 2.45) is 0 Å². The minimum Gasteiger partial charge on any atom is -0.484 e. The van der Waals surface area contributed by atoms with Gasteiger partial charge < -0.3 is 19.7 Å². The molecule has 1 aliphatic heterocycles. The zero-order chi connectivity index (χ0) is 19.8. The minimum atomic E-state index is 0.00386. The lowest BCUT2D eigenvalue weighted by Crippen LogP contribution is -2.52. The second-order valence-electron chi connectivity index (χ2n) is 7.43. The van der Waals surface area contributed by atoms with Gasteiger partial charge in [0.25, 0.3) is 5.91 Å². The standard InChI is InChI=1S/C21H31N3O4/c1-27-13-3-8-22-20(25)15-23-9-11-24(12-10-23)21(26)16-28-19-7-6-17-4-2-5-18(17)14-19/h6-7,14H,2-5,8-13,15-16H2,1H3,(H,22,25). The van der Waals surface area contributed by atoms with Gasteiger partial charge in [0.15, 0.2) is 6.61 Å². The number of amides is 2. The Kier molecular flexibility index (Phi) is 7.68. The summed E-state index contributed by atoms with van der Waals surface area (Å²) < 4.78 is 10.7. The van der Waals surface area contributed by atoms with E-state index in [0.717, 1.165) is 25.0 Å². The van der Waals surface area contributed by atoms with E-state index in [1.807, 2.05) is 11.0 Å². The Hall–Kier alpha value is -2.12. The minimum absolute atomic E-state index is 0.00386. The first-order valence-corrected chi connectivity index (χ1v) is 10.2. The molecule has 3 rings (SSSR count).